The summed E-state index contributed by atoms with van der Waals surface area (Å²) in [5, 5.41) is 0. The Morgan fingerprint density at radius 2 is 1.67 bits per heavy atom. The lowest BCUT2D eigenvalue weighted by atomic mass is 9.83. The lowest BCUT2D eigenvalue weighted by Gasteiger charge is -2.30. The number of carbonyl (C=O) groups excluding carboxylic acids is 2. The van der Waals surface area contributed by atoms with Crippen LogP contribution in [0.4, 0.5) is 0 Å². The van der Waals surface area contributed by atoms with Crippen molar-refractivity contribution in [1.29, 1.82) is 0 Å². The molecule has 1 aromatic carbocycles. The number of hydrogen-bond acceptors (Lipinski definition) is 5. The maximum atomic E-state index is 12.8. The molecule has 5 heteroatoms. The maximum absolute atomic E-state index is 12.8. The van der Waals surface area contributed by atoms with E-state index >= 15 is 0 Å². The normalized spacial score (nSPS) is 20.3. The Hall–Kier alpha value is -2.40. The first-order chi connectivity index (χ1) is 14.6. The molecule has 0 fully saturated rings. The van der Waals surface area contributed by atoms with Gasteiger partial charge in [-0.15, -0.1) is 0 Å². The minimum Gasteiger partial charge on any atom is -0.465 e. The van der Waals surface area contributed by atoms with Gasteiger partial charge in [0.25, 0.3) is 0 Å². The number of esters is 2. The van der Waals surface area contributed by atoms with Crippen molar-refractivity contribution in [2.45, 2.75) is 52.5 Å². The summed E-state index contributed by atoms with van der Waals surface area (Å²) in [6.45, 7) is 7.06. The quantitative estimate of drug-likeness (QED) is 0.526. The summed E-state index contributed by atoms with van der Waals surface area (Å²) in [5.74, 6) is -0.888. The van der Waals surface area contributed by atoms with Crippen LogP contribution >= 0.6 is 0 Å². The molecule has 1 heterocycles. The Bertz CT molecular complexity index is 880. The molecule has 0 aromatic heterocycles. The number of carbonyl (C=O) groups is 2. The van der Waals surface area contributed by atoms with Gasteiger partial charge in [-0.05, 0) is 62.7 Å². The third kappa shape index (κ3) is 3.95. The summed E-state index contributed by atoms with van der Waals surface area (Å²) >= 11 is 0. The SMILES string of the molecule is CCOC(=O)C1(C(=O)OCC)CC2=C(CCC(CN3CCc4ccccc4C3)=C2)C1. The van der Waals surface area contributed by atoms with Gasteiger partial charge in [0.15, 0.2) is 5.41 Å². The molecule has 4 rings (SSSR count). The van der Waals surface area contributed by atoms with E-state index in [-0.39, 0.29) is 13.2 Å². The number of ether oxygens (including phenoxy) is 2. The molecule has 30 heavy (non-hydrogen) atoms. The second kappa shape index (κ2) is 8.76. The number of hydrogen-bond donors (Lipinski definition) is 0. The molecule has 0 amide bonds. The Morgan fingerprint density at radius 1 is 0.967 bits per heavy atom. The van der Waals surface area contributed by atoms with E-state index < -0.39 is 17.4 Å². The van der Waals surface area contributed by atoms with Gasteiger partial charge in [0.05, 0.1) is 13.2 Å². The van der Waals surface area contributed by atoms with Gasteiger partial charge >= 0.3 is 11.9 Å². The van der Waals surface area contributed by atoms with Gasteiger partial charge in [-0.2, -0.15) is 0 Å². The van der Waals surface area contributed by atoms with E-state index in [1.54, 1.807) is 13.8 Å². The van der Waals surface area contributed by atoms with Crippen molar-refractivity contribution in [3.05, 3.63) is 58.2 Å². The Balaban J connectivity index is 1.48. The van der Waals surface area contributed by atoms with E-state index in [0.717, 1.165) is 44.5 Å². The highest BCUT2D eigenvalue weighted by Crippen LogP contribution is 2.48. The summed E-state index contributed by atoms with van der Waals surface area (Å²) in [7, 11) is 0. The fraction of sp³-hybridized carbons (Fsp3) is 0.520. The van der Waals surface area contributed by atoms with Crippen molar-refractivity contribution in [1.82, 2.24) is 4.90 Å². The number of nitrogens with zero attached hydrogens (tertiary/aromatic N) is 1. The standard InChI is InChI=1S/C25H31NO4/c1-3-29-23(27)25(24(28)30-4-2)14-20-10-9-18(13-22(20)15-25)16-26-12-11-19-7-5-6-8-21(19)17-26/h5-8,13H,3-4,9-12,14-17H2,1-2H3. The molecule has 0 unspecified atom stereocenters. The second-order valence-electron chi connectivity index (χ2n) is 8.54. The number of benzene rings is 1. The van der Waals surface area contributed by atoms with E-state index in [9.17, 15) is 9.59 Å². The minimum absolute atomic E-state index is 0.266. The number of allylic oxidation sites excluding steroid dienone is 3. The Kier molecular flexibility index (Phi) is 6.09. The van der Waals surface area contributed by atoms with Crippen molar-refractivity contribution in [2.24, 2.45) is 5.41 Å². The molecule has 0 N–H and O–H groups in total. The second-order valence-corrected chi connectivity index (χ2v) is 8.54. The summed E-state index contributed by atoms with van der Waals surface area (Å²) in [6, 6.07) is 8.68. The van der Waals surface area contributed by atoms with Crippen LogP contribution in [0, 0.1) is 5.41 Å². The predicted octanol–water partition coefficient (Wildman–Crippen LogP) is 3.97. The molecule has 0 spiro atoms. The van der Waals surface area contributed by atoms with Crippen LogP contribution in [0.5, 0.6) is 0 Å². The van der Waals surface area contributed by atoms with Gasteiger partial charge in [0.1, 0.15) is 0 Å². The van der Waals surface area contributed by atoms with Crippen LogP contribution in [-0.2, 0) is 32.0 Å². The van der Waals surface area contributed by atoms with Gasteiger partial charge in [0.2, 0.25) is 0 Å². The molecule has 0 bridgehead atoms. The van der Waals surface area contributed by atoms with E-state index in [4.69, 9.17) is 9.47 Å². The third-order valence-corrected chi connectivity index (χ3v) is 6.56. The van der Waals surface area contributed by atoms with Gasteiger partial charge in [-0.25, -0.2) is 0 Å². The zero-order valence-corrected chi connectivity index (χ0v) is 18.0. The average Bonchev–Trinajstić information content (AvgIpc) is 3.14. The molecule has 0 atom stereocenters. The molecule has 0 radical (unpaired) electrons. The molecule has 0 saturated carbocycles. The highest BCUT2D eigenvalue weighted by Gasteiger charge is 2.53. The first-order valence-corrected chi connectivity index (χ1v) is 11.1. The van der Waals surface area contributed by atoms with Gasteiger partial charge in [0, 0.05) is 19.6 Å². The monoisotopic (exact) mass is 409 g/mol. The third-order valence-electron chi connectivity index (χ3n) is 6.56. The van der Waals surface area contributed by atoms with Crippen molar-refractivity contribution in [3.63, 3.8) is 0 Å². The molecule has 1 aliphatic heterocycles. The van der Waals surface area contributed by atoms with Crippen LogP contribution in [0.15, 0.2) is 47.1 Å². The van der Waals surface area contributed by atoms with Crippen molar-refractivity contribution in [2.75, 3.05) is 26.3 Å². The number of fused-ring (bicyclic) bond motifs is 1. The fourth-order valence-electron chi connectivity index (χ4n) is 5.03. The highest BCUT2D eigenvalue weighted by molar-refractivity contribution is 6.01. The lowest BCUT2D eigenvalue weighted by molar-refractivity contribution is -0.171. The van der Waals surface area contributed by atoms with E-state index in [1.807, 2.05) is 0 Å². The molecule has 2 aliphatic carbocycles. The van der Waals surface area contributed by atoms with Crippen molar-refractivity contribution < 1.29 is 19.1 Å². The first-order valence-electron chi connectivity index (χ1n) is 11.1. The minimum atomic E-state index is -1.20. The smallest absolute Gasteiger partial charge is 0.324 e. The van der Waals surface area contributed by atoms with E-state index in [1.165, 1.54) is 22.3 Å². The molecule has 0 saturated heterocycles. The van der Waals surface area contributed by atoms with E-state index in [2.05, 4.69) is 35.2 Å². The Morgan fingerprint density at radius 3 is 2.37 bits per heavy atom. The van der Waals surface area contributed by atoms with Gasteiger partial charge in [-0.1, -0.05) is 41.5 Å². The zero-order valence-electron chi connectivity index (χ0n) is 18.0. The summed E-state index contributed by atoms with van der Waals surface area (Å²) in [5.41, 5.74) is 5.41. The lowest BCUT2D eigenvalue weighted by Crippen LogP contribution is -2.40. The molecule has 1 aromatic rings. The largest absolute Gasteiger partial charge is 0.465 e. The van der Waals surface area contributed by atoms with Crippen molar-refractivity contribution >= 4 is 11.9 Å². The predicted molar refractivity (Wildman–Crippen MR) is 115 cm³/mol. The highest BCUT2D eigenvalue weighted by atomic mass is 16.6. The van der Waals surface area contributed by atoms with E-state index in [0.29, 0.717) is 12.8 Å². The van der Waals surface area contributed by atoms with Crippen LogP contribution in [0.25, 0.3) is 0 Å². The fourth-order valence-corrected chi connectivity index (χ4v) is 5.03. The Labute approximate surface area is 178 Å². The summed E-state index contributed by atoms with van der Waals surface area (Å²) < 4.78 is 10.6. The topological polar surface area (TPSA) is 55.8 Å². The van der Waals surface area contributed by atoms with Crippen LogP contribution in [0.1, 0.15) is 50.7 Å². The van der Waals surface area contributed by atoms with Crippen LogP contribution < -0.4 is 0 Å². The maximum Gasteiger partial charge on any atom is 0.324 e. The van der Waals surface area contributed by atoms with Gasteiger partial charge in [-0.3, -0.25) is 14.5 Å². The molecular weight excluding hydrogens is 378 g/mol. The first kappa shape index (κ1) is 20.9. The summed E-state index contributed by atoms with van der Waals surface area (Å²) in [4.78, 5) is 28.0. The van der Waals surface area contributed by atoms with Crippen molar-refractivity contribution in [3.8, 4) is 0 Å². The molecular formula is C25H31NO4. The molecule has 3 aliphatic rings. The van der Waals surface area contributed by atoms with Crippen LogP contribution in [0.3, 0.4) is 0 Å². The molecule has 160 valence electrons. The summed E-state index contributed by atoms with van der Waals surface area (Å²) in [6.07, 6.45) is 6.05. The van der Waals surface area contributed by atoms with Crippen LogP contribution in [-0.4, -0.2) is 43.1 Å². The van der Waals surface area contributed by atoms with Crippen LogP contribution in [0.2, 0.25) is 0 Å². The average molecular weight is 410 g/mol. The molecule has 5 nitrogen and oxygen atoms in total. The zero-order chi connectivity index (χ0) is 21.1. The number of rotatable bonds is 6. The van der Waals surface area contributed by atoms with Gasteiger partial charge < -0.3 is 9.47 Å².